The summed E-state index contributed by atoms with van der Waals surface area (Å²) >= 11 is 0. The van der Waals surface area contributed by atoms with E-state index in [1.807, 2.05) is 0 Å². The van der Waals surface area contributed by atoms with Gasteiger partial charge in [0.15, 0.2) is 0 Å². The number of hydrogen-bond donors (Lipinski definition) is 0. The Morgan fingerprint density at radius 2 is 2.07 bits per heavy atom. The number of nitrogens with zero attached hydrogens (tertiary/aromatic N) is 1. The van der Waals surface area contributed by atoms with Crippen molar-refractivity contribution >= 4 is 0 Å². The van der Waals surface area contributed by atoms with Crippen molar-refractivity contribution in [2.75, 3.05) is 13.6 Å². The standard InChI is InChI=1S/C26H37N/c1-7-24(15-14-22(4)26-13-9-11-21(3)17-26)18-23(5)27(6)19-25-12-8-10-20(2)16-25/h7-8,11-12,16-17,20H,4-5,9-10,13-15,18-19H2,1-3,6H3/b24-7+. The molecule has 0 saturated carbocycles. The Morgan fingerprint density at radius 3 is 2.74 bits per heavy atom. The van der Waals surface area contributed by atoms with Gasteiger partial charge in [-0.2, -0.15) is 0 Å². The van der Waals surface area contributed by atoms with E-state index in [0.717, 1.165) is 45.1 Å². The van der Waals surface area contributed by atoms with Crippen molar-refractivity contribution in [2.45, 2.75) is 59.3 Å². The number of allylic oxidation sites excluding steroid dienone is 9. The van der Waals surface area contributed by atoms with E-state index in [1.165, 1.54) is 33.6 Å². The van der Waals surface area contributed by atoms with Crippen LogP contribution in [-0.2, 0) is 0 Å². The van der Waals surface area contributed by atoms with Crippen molar-refractivity contribution in [3.63, 3.8) is 0 Å². The molecule has 2 aliphatic rings. The van der Waals surface area contributed by atoms with Crippen LogP contribution in [0.4, 0.5) is 0 Å². The zero-order valence-corrected chi connectivity index (χ0v) is 17.9. The fourth-order valence-electron chi connectivity index (χ4n) is 3.76. The van der Waals surface area contributed by atoms with E-state index in [2.05, 4.69) is 82.3 Å². The zero-order valence-electron chi connectivity index (χ0n) is 17.9. The summed E-state index contributed by atoms with van der Waals surface area (Å²) in [6.45, 7) is 16.2. The van der Waals surface area contributed by atoms with E-state index in [4.69, 9.17) is 0 Å². The lowest BCUT2D eigenvalue weighted by Gasteiger charge is -2.25. The number of rotatable bonds is 9. The average Bonchev–Trinajstić information content (AvgIpc) is 2.64. The van der Waals surface area contributed by atoms with Gasteiger partial charge in [-0.25, -0.2) is 0 Å². The molecular weight excluding hydrogens is 326 g/mol. The fraction of sp³-hybridized carbons (Fsp3) is 0.462. The summed E-state index contributed by atoms with van der Waals surface area (Å²) in [7, 11) is 2.16. The Kier molecular flexibility index (Phi) is 8.16. The molecule has 0 bridgehead atoms. The first-order valence-corrected chi connectivity index (χ1v) is 10.3. The third-order valence-electron chi connectivity index (χ3n) is 5.62. The largest absolute Gasteiger partial charge is 0.374 e. The van der Waals surface area contributed by atoms with E-state index in [0.29, 0.717) is 5.92 Å². The van der Waals surface area contributed by atoms with Gasteiger partial charge in [0.25, 0.3) is 0 Å². The van der Waals surface area contributed by atoms with Gasteiger partial charge in [0.2, 0.25) is 0 Å². The Labute approximate surface area is 167 Å². The van der Waals surface area contributed by atoms with E-state index < -0.39 is 0 Å². The molecule has 0 fully saturated rings. The molecule has 1 unspecified atom stereocenters. The Balaban J connectivity index is 1.83. The van der Waals surface area contributed by atoms with Crippen LogP contribution in [0.15, 0.2) is 83.2 Å². The molecule has 0 aliphatic heterocycles. The highest BCUT2D eigenvalue weighted by molar-refractivity contribution is 5.38. The van der Waals surface area contributed by atoms with Crippen LogP contribution in [0.3, 0.4) is 0 Å². The van der Waals surface area contributed by atoms with Crippen molar-refractivity contribution in [3.05, 3.63) is 83.2 Å². The SMILES string of the molecule is C=C(CC/C(=C\C)CC(=C)N(C)CC1=CC(C)CC=C1)C1=CC(C)=CCC1. The summed E-state index contributed by atoms with van der Waals surface area (Å²) in [5.41, 5.74) is 8.16. The van der Waals surface area contributed by atoms with Crippen molar-refractivity contribution in [2.24, 2.45) is 5.92 Å². The van der Waals surface area contributed by atoms with Gasteiger partial charge < -0.3 is 4.90 Å². The molecule has 0 aromatic rings. The quantitative estimate of drug-likeness (QED) is 0.389. The lowest BCUT2D eigenvalue weighted by molar-refractivity contribution is 0.443. The van der Waals surface area contributed by atoms with Gasteiger partial charge in [-0.1, -0.05) is 73.3 Å². The second-order valence-electron chi connectivity index (χ2n) is 8.16. The van der Waals surface area contributed by atoms with Crippen LogP contribution >= 0.6 is 0 Å². The highest BCUT2D eigenvalue weighted by Gasteiger charge is 2.11. The summed E-state index contributed by atoms with van der Waals surface area (Å²) in [4.78, 5) is 2.30. The molecule has 0 aromatic carbocycles. The van der Waals surface area contributed by atoms with Crippen molar-refractivity contribution in [1.82, 2.24) is 4.90 Å². The second-order valence-corrected chi connectivity index (χ2v) is 8.16. The van der Waals surface area contributed by atoms with Gasteiger partial charge in [-0.3, -0.25) is 0 Å². The Morgan fingerprint density at radius 1 is 1.30 bits per heavy atom. The second kappa shape index (κ2) is 10.3. The Bertz CT molecular complexity index is 708. The summed E-state index contributed by atoms with van der Waals surface area (Å²) in [5.74, 6) is 0.649. The molecule has 0 heterocycles. The summed E-state index contributed by atoms with van der Waals surface area (Å²) in [6, 6.07) is 0. The predicted octanol–water partition coefficient (Wildman–Crippen LogP) is 7.29. The smallest absolute Gasteiger partial charge is 0.0419 e. The van der Waals surface area contributed by atoms with Crippen LogP contribution < -0.4 is 0 Å². The summed E-state index contributed by atoms with van der Waals surface area (Å²) in [6.07, 6.45) is 20.3. The predicted molar refractivity (Wildman–Crippen MR) is 121 cm³/mol. The molecule has 0 radical (unpaired) electrons. The minimum absolute atomic E-state index is 0.649. The lowest BCUT2D eigenvalue weighted by atomic mass is 9.91. The maximum atomic E-state index is 4.35. The molecule has 1 atom stereocenters. The molecule has 0 spiro atoms. The van der Waals surface area contributed by atoms with Gasteiger partial charge in [0.05, 0.1) is 0 Å². The maximum Gasteiger partial charge on any atom is 0.0419 e. The van der Waals surface area contributed by atoms with Gasteiger partial charge in [-0.15, -0.1) is 0 Å². The lowest BCUT2D eigenvalue weighted by Crippen LogP contribution is -2.20. The van der Waals surface area contributed by atoms with Gasteiger partial charge >= 0.3 is 0 Å². The molecule has 1 nitrogen and oxygen atoms in total. The van der Waals surface area contributed by atoms with Gasteiger partial charge in [0.1, 0.15) is 0 Å². The van der Waals surface area contributed by atoms with E-state index in [1.54, 1.807) is 0 Å². The first-order valence-electron chi connectivity index (χ1n) is 10.3. The molecule has 2 rings (SSSR count). The molecule has 27 heavy (non-hydrogen) atoms. The van der Waals surface area contributed by atoms with Crippen molar-refractivity contribution in [3.8, 4) is 0 Å². The number of hydrogen-bond acceptors (Lipinski definition) is 1. The van der Waals surface area contributed by atoms with Crippen molar-refractivity contribution < 1.29 is 0 Å². The highest BCUT2D eigenvalue weighted by Crippen LogP contribution is 2.28. The third-order valence-corrected chi connectivity index (χ3v) is 5.62. The molecule has 0 N–H and O–H groups in total. The summed E-state index contributed by atoms with van der Waals surface area (Å²) < 4.78 is 0. The normalized spacial score (nSPS) is 19.9. The van der Waals surface area contributed by atoms with Gasteiger partial charge in [0, 0.05) is 25.7 Å². The fourth-order valence-corrected chi connectivity index (χ4v) is 3.76. The van der Waals surface area contributed by atoms with Crippen LogP contribution in [0, 0.1) is 5.92 Å². The van der Waals surface area contributed by atoms with Crippen LogP contribution in [0.1, 0.15) is 59.3 Å². The first kappa shape index (κ1) is 21.3. The minimum atomic E-state index is 0.649. The van der Waals surface area contributed by atoms with Crippen LogP contribution in [0.25, 0.3) is 0 Å². The van der Waals surface area contributed by atoms with E-state index in [9.17, 15) is 0 Å². The third kappa shape index (κ3) is 6.90. The van der Waals surface area contributed by atoms with Crippen molar-refractivity contribution in [1.29, 1.82) is 0 Å². The minimum Gasteiger partial charge on any atom is -0.374 e. The van der Waals surface area contributed by atoms with Crippen LogP contribution in [0.2, 0.25) is 0 Å². The monoisotopic (exact) mass is 363 g/mol. The maximum absolute atomic E-state index is 4.35. The van der Waals surface area contributed by atoms with E-state index >= 15 is 0 Å². The molecular formula is C26H37N. The summed E-state index contributed by atoms with van der Waals surface area (Å²) in [5, 5.41) is 0. The van der Waals surface area contributed by atoms with Crippen LogP contribution in [-0.4, -0.2) is 18.5 Å². The van der Waals surface area contributed by atoms with Crippen LogP contribution in [0.5, 0.6) is 0 Å². The Hall–Kier alpha value is -2.02. The van der Waals surface area contributed by atoms with E-state index in [-0.39, 0.29) is 0 Å². The molecule has 0 aromatic heterocycles. The number of likely N-dealkylation sites (N-methyl/N-ethyl adjacent to an activating group) is 1. The zero-order chi connectivity index (χ0) is 19.8. The molecule has 0 saturated heterocycles. The first-order chi connectivity index (χ1) is 12.9. The molecule has 0 amide bonds. The average molecular weight is 364 g/mol. The molecule has 1 heteroatoms. The molecule has 2 aliphatic carbocycles. The molecule has 146 valence electrons. The highest BCUT2D eigenvalue weighted by atomic mass is 15.1. The van der Waals surface area contributed by atoms with Gasteiger partial charge in [-0.05, 0) is 63.0 Å². The topological polar surface area (TPSA) is 3.24 Å².